The molecule has 1 unspecified atom stereocenters. The quantitative estimate of drug-likeness (QED) is 0.660. The molecule has 0 N–H and O–H groups in total. The third-order valence-corrected chi connectivity index (χ3v) is 4.71. The van der Waals surface area contributed by atoms with Gasteiger partial charge in [-0.1, -0.05) is 12.1 Å². The van der Waals surface area contributed by atoms with Gasteiger partial charge in [0.05, 0.1) is 11.4 Å². The van der Waals surface area contributed by atoms with Crippen LogP contribution in [0.1, 0.15) is 35.0 Å². The Balaban J connectivity index is 1.87. The highest BCUT2D eigenvalue weighted by Crippen LogP contribution is 2.39. The summed E-state index contributed by atoms with van der Waals surface area (Å²) in [6.07, 6.45) is 2.06. The molecule has 0 spiro atoms. The Morgan fingerprint density at radius 3 is 2.62 bits per heavy atom. The van der Waals surface area contributed by atoms with E-state index < -0.39 is 11.6 Å². The van der Waals surface area contributed by atoms with Crippen molar-refractivity contribution >= 4 is 22.9 Å². The minimum absolute atomic E-state index is 0.0451. The first kappa shape index (κ1) is 16.4. The molecule has 1 atom stereocenters. The fourth-order valence-electron chi connectivity index (χ4n) is 3.64. The highest BCUT2D eigenvalue weighted by molar-refractivity contribution is 5.83. The van der Waals surface area contributed by atoms with Gasteiger partial charge in [-0.05, 0) is 31.0 Å². The van der Waals surface area contributed by atoms with Gasteiger partial charge in [-0.15, -0.1) is 0 Å². The van der Waals surface area contributed by atoms with Crippen molar-refractivity contribution in [1.29, 1.82) is 0 Å². The molecule has 4 rings (SSSR count). The van der Waals surface area contributed by atoms with Crippen LogP contribution >= 0.6 is 0 Å². The van der Waals surface area contributed by atoms with Crippen LogP contribution in [0, 0.1) is 11.6 Å². The summed E-state index contributed by atoms with van der Waals surface area (Å²) >= 11 is 0. The average Bonchev–Trinajstić information content (AvgIpc) is 3.10. The van der Waals surface area contributed by atoms with Crippen molar-refractivity contribution < 1.29 is 18.0 Å². The number of halogens is 2. The summed E-state index contributed by atoms with van der Waals surface area (Å²) in [5.41, 5.74) is 1.22. The molecule has 6 heteroatoms. The van der Waals surface area contributed by atoms with Gasteiger partial charge in [-0.2, -0.15) is 0 Å². The molecule has 0 radical (unpaired) electrons. The molecule has 1 fully saturated rings. The number of benzene rings is 2. The van der Waals surface area contributed by atoms with E-state index in [9.17, 15) is 18.4 Å². The molecule has 1 aliphatic heterocycles. The molecule has 0 saturated carbocycles. The molecule has 26 heavy (non-hydrogen) atoms. The van der Waals surface area contributed by atoms with Gasteiger partial charge in [-0.25, -0.2) is 8.78 Å². The summed E-state index contributed by atoms with van der Waals surface area (Å²) in [6.45, 7) is 0.627. The minimum atomic E-state index is -0.640. The molecule has 2 heterocycles. The fraction of sp³-hybridized carbons (Fsp3) is 0.200. The Hall–Kier alpha value is -3.02. The van der Waals surface area contributed by atoms with Crippen LogP contribution in [0.25, 0.3) is 11.0 Å². The van der Waals surface area contributed by atoms with Gasteiger partial charge in [0.15, 0.2) is 17.5 Å². The second-order valence-corrected chi connectivity index (χ2v) is 6.33. The zero-order valence-electron chi connectivity index (χ0n) is 13.7. The van der Waals surface area contributed by atoms with Crippen LogP contribution in [-0.4, -0.2) is 12.8 Å². The van der Waals surface area contributed by atoms with E-state index >= 15 is 0 Å². The van der Waals surface area contributed by atoms with Crippen molar-refractivity contribution in [2.75, 3.05) is 11.4 Å². The number of nitrogens with zero attached hydrogens (tertiary/aromatic N) is 1. The first-order valence-electron chi connectivity index (χ1n) is 8.31. The van der Waals surface area contributed by atoms with E-state index in [1.54, 1.807) is 12.1 Å². The number of fused-ring (bicyclic) bond motifs is 1. The lowest BCUT2D eigenvalue weighted by molar-refractivity contribution is 0.110. The van der Waals surface area contributed by atoms with Gasteiger partial charge in [-0.3, -0.25) is 9.59 Å². The predicted molar refractivity (Wildman–Crippen MR) is 93.6 cm³/mol. The standard InChI is InChI=1S/C20H15F2NO3/c21-12-7-13(22)9-14(8-12)23-6-2-5-18(23)16-3-1-4-17-19(25)10-15(11-24)26-20(16)17/h1,3-4,7-11,18H,2,5-6H2. The number of aldehydes is 1. The SMILES string of the molecule is O=Cc1cc(=O)c2cccc(C3CCCN3c3cc(F)cc(F)c3)c2o1. The number of hydrogen-bond donors (Lipinski definition) is 0. The van der Waals surface area contributed by atoms with E-state index in [0.29, 0.717) is 29.5 Å². The minimum Gasteiger partial charge on any atom is -0.453 e. The second kappa shape index (κ2) is 6.37. The van der Waals surface area contributed by atoms with Crippen molar-refractivity contribution in [2.45, 2.75) is 18.9 Å². The molecule has 0 aliphatic carbocycles. The average molecular weight is 355 g/mol. The van der Waals surface area contributed by atoms with E-state index in [1.807, 2.05) is 11.0 Å². The molecule has 0 amide bonds. The van der Waals surface area contributed by atoms with Crippen molar-refractivity contribution in [3.05, 3.63) is 75.6 Å². The van der Waals surface area contributed by atoms with Crippen LogP contribution < -0.4 is 10.3 Å². The summed E-state index contributed by atoms with van der Waals surface area (Å²) in [7, 11) is 0. The van der Waals surface area contributed by atoms with Crippen LogP contribution in [0.5, 0.6) is 0 Å². The van der Waals surface area contributed by atoms with Crippen molar-refractivity contribution in [2.24, 2.45) is 0 Å². The largest absolute Gasteiger partial charge is 0.453 e. The van der Waals surface area contributed by atoms with E-state index in [-0.39, 0.29) is 17.2 Å². The molecule has 0 bridgehead atoms. The molecular weight excluding hydrogens is 340 g/mol. The molecule has 2 aromatic carbocycles. The van der Waals surface area contributed by atoms with Crippen LogP contribution in [-0.2, 0) is 0 Å². The summed E-state index contributed by atoms with van der Waals surface area (Å²) in [5.74, 6) is -1.33. The van der Waals surface area contributed by atoms with E-state index in [4.69, 9.17) is 4.42 Å². The van der Waals surface area contributed by atoms with Crippen LogP contribution in [0.15, 0.2) is 51.7 Å². The molecule has 1 saturated heterocycles. The van der Waals surface area contributed by atoms with Crippen LogP contribution in [0.4, 0.5) is 14.5 Å². The van der Waals surface area contributed by atoms with Gasteiger partial charge < -0.3 is 9.32 Å². The lowest BCUT2D eigenvalue weighted by Gasteiger charge is -2.27. The van der Waals surface area contributed by atoms with Gasteiger partial charge >= 0.3 is 0 Å². The van der Waals surface area contributed by atoms with Gasteiger partial charge in [0.2, 0.25) is 0 Å². The zero-order chi connectivity index (χ0) is 18.3. The van der Waals surface area contributed by atoms with Crippen molar-refractivity contribution in [3.8, 4) is 0 Å². The third kappa shape index (κ3) is 2.77. The normalized spacial score (nSPS) is 17.0. The Kier molecular flexibility index (Phi) is 4.03. The maximum atomic E-state index is 13.7. The van der Waals surface area contributed by atoms with Crippen LogP contribution in [0.2, 0.25) is 0 Å². The summed E-state index contributed by atoms with van der Waals surface area (Å²) in [6, 6.07) is 9.58. The Bertz CT molecular complexity index is 1040. The maximum absolute atomic E-state index is 13.7. The molecule has 4 nitrogen and oxygen atoms in total. The first-order valence-corrected chi connectivity index (χ1v) is 8.31. The first-order chi connectivity index (χ1) is 12.6. The van der Waals surface area contributed by atoms with Gasteiger partial charge in [0.25, 0.3) is 0 Å². The second-order valence-electron chi connectivity index (χ2n) is 6.33. The Morgan fingerprint density at radius 2 is 1.88 bits per heavy atom. The maximum Gasteiger partial charge on any atom is 0.193 e. The highest BCUT2D eigenvalue weighted by atomic mass is 19.1. The molecular formula is C20H15F2NO3. The molecule has 3 aromatic rings. The zero-order valence-corrected chi connectivity index (χ0v) is 13.7. The number of carbonyl (C=O) groups is 1. The summed E-state index contributed by atoms with van der Waals surface area (Å²) in [4.78, 5) is 25.2. The Labute approximate surface area is 147 Å². The van der Waals surface area contributed by atoms with E-state index in [2.05, 4.69) is 0 Å². The van der Waals surface area contributed by atoms with E-state index in [0.717, 1.165) is 30.5 Å². The highest BCUT2D eigenvalue weighted by Gasteiger charge is 2.29. The number of hydrogen-bond acceptors (Lipinski definition) is 4. The topological polar surface area (TPSA) is 50.5 Å². The molecule has 132 valence electrons. The number of anilines is 1. The summed E-state index contributed by atoms with van der Waals surface area (Å²) < 4.78 is 32.9. The number of carbonyl (C=O) groups excluding carboxylic acids is 1. The van der Waals surface area contributed by atoms with Gasteiger partial charge in [0, 0.05) is 29.9 Å². The smallest absolute Gasteiger partial charge is 0.193 e. The molecule has 1 aliphatic rings. The van der Waals surface area contributed by atoms with Crippen LogP contribution in [0.3, 0.4) is 0 Å². The molecule has 1 aromatic heterocycles. The van der Waals surface area contributed by atoms with Crippen molar-refractivity contribution in [3.63, 3.8) is 0 Å². The lowest BCUT2D eigenvalue weighted by atomic mass is 10.0. The number of para-hydroxylation sites is 1. The predicted octanol–water partition coefficient (Wildman–Crippen LogP) is 4.23. The Morgan fingerprint density at radius 1 is 1.12 bits per heavy atom. The fourth-order valence-corrected chi connectivity index (χ4v) is 3.64. The third-order valence-electron chi connectivity index (χ3n) is 4.71. The van der Waals surface area contributed by atoms with Crippen molar-refractivity contribution in [1.82, 2.24) is 0 Å². The number of rotatable bonds is 3. The van der Waals surface area contributed by atoms with E-state index in [1.165, 1.54) is 12.1 Å². The lowest BCUT2D eigenvalue weighted by Crippen LogP contribution is -2.23. The summed E-state index contributed by atoms with van der Waals surface area (Å²) in [5, 5.41) is 0.380. The monoisotopic (exact) mass is 355 g/mol. The van der Waals surface area contributed by atoms with Gasteiger partial charge in [0.1, 0.15) is 17.2 Å².